The second-order valence-electron chi connectivity index (χ2n) is 2.30. The van der Waals surface area contributed by atoms with Gasteiger partial charge in [0, 0.05) is 13.1 Å². The van der Waals surface area contributed by atoms with E-state index in [0.29, 0.717) is 0 Å². The second kappa shape index (κ2) is 3.61. The number of nitrogens with zero attached hydrogens (tertiary/aromatic N) is 1. The third-order valence-electron chi connectivity index (χ3n) is 1.48. The molecule has 1 heterocycles. The number of thioether (sulfide) groups is 1. The fraction of sp³-hybridized carbons (Fsp3) is 0.286. The first-order valence-corrected chi connectivity index (χ1v) is 4.22. The molecule has 0 spiro atoms. The van der Waals surface area contributed by atoms with Gasteiger partial charge in [-0.3, -0.25) is 15.1 Å². The highest BCUT2D eigenvalue weighted by Gasteiger charge is 2.29. The highest BCUT2D eigenvalue weighted by molar-refractivity contribution is 8.18. The van der Waals surface area contributed by atoms with Crippen LogP contribution in [0, 0.1) is 5.41 Å². The predicted molar refractivity (Wildman–Crippen MR) is 48.2 cm³/mol. The van der Waals surface area contributed by atoms with Crippen LogP contribution in [-0.2, 0) is 14.3 Å². The minimum absolute atomic E-state index is 0.111. The van der Waals surface area contributed by atoms with Gasteiger partial charge in [-0.05, 0) is 11.8 Å². The number of amidine groups is 1. The molecule has 1 amide bonds. The quantitative estimate of drug-likeness (QED) is 0.484. The molecule has 0 aromatic carbocycles. The van der Waals surface area contributed by atoms with Crippen molar-refractivity contribution in [2.75, 3.05) is 14.2 Å². The Bertz CT molecular complexity index is 311. The van der Waals surface area contributed by atoms with E-state index in [1.165, 1.54) is 19.1 Å². The normalized spacial score (nSPS) is 19.8. The van der Waals surface area contributed by atoms with Crippen molar-refractivity contribution in [3.05, 3.63) is 11.0 Å². The maximum atomic E-state index is 11.3. The van der Waals surface area contributed by atoms with Crippen LogP contribution in [0.5, 0.6) is 0 Å². The number of carbonyl (C=O) groups is 2. The van der Waals surface area contributed by atoms with E-state index in [2.05, 4.69) is 4.74 Å². The molecule has 1 saturated heterocycles. The summed E-state index contributed by atoms with van der Waals surface area (Å²) < 4.78 is 4.36. The Hall–Kier alpha value is -1.30. The lowest BCUT2D eigenvalue weighted by atomic mass is 10.4. The third kappa shape index (κ3) is 1.89. The van der Waals surface area contributed by atoms with Gasteiger partial charge in [-0.2, -0.15) is 0 Å². The monoisotopic (exact) mass is 200 g/mol. The Morgan fingerprint density at radius 2 is 2.31 bits per heavy atom. The van der Waals surface area contributed by atoms with Crippen molar-refractivity contribution in [2.24, 2.45) is 0 Å². The Labute approximate surface area is 79.2 Å². The van der Waals surface area contributed by atoms with Crippen molar-refractivity contribution >= 4 is 28.8 Å². The maximum Gasteiger partial charge on any atom is 0.331 e. The summed E-state index contributed by atoms with van der Waals surface area (Å²) in [6.07, 6.45) is 1.09. The second-order valence-corrected chi connectivity index (χ2v) is 3.33. The van der Waals surface area contributed by atoms with Crippen LogP contribution in [0.3, 0.4) is 0 Å². The summed E-state index contributed by atoms with van der Waals surface area (Å²) in [4.78, 5) is 23.4. The Kier molecular flexibility index (Phi) is 2.72. The molecule has 0 radical (unpaired) electrons. The number of hydrogen-bond acceptors (Lipinski definition) is 5. The van der Waals surface area contributed by atoms with E-state index in [1.807, 2.05) is 0 Å². The lowest BCUT2D eigenvalue weighted by molar-refractivity contribution is -0.135. The summed E-state index contributed by atoms with van der Waals surface area (Å²) in [7, 11) is 2.72. The summed E-state index contributed by atoms with van der Waals surface area (Å²) in [5.74, 6) is -0.931. The number of ether oxygens (including phenoxy) is 1. The van der Waals surface area contributed by atoms with Crippen molar-refractivity contribution in [1.82, 2.24) is 4.90 Å². The first-order valence-electron chi connectivity index (χ1n) is 3.40. The average Bonchev–Trinajstić information content (AvgIpc) is 2.34. The molecule has 1 aliphatic heterocycles. The van der Waals surface area contributed by atoms with Crippen LogP contribution in [0.2, 0.25) is 0 Å². The Morgan fingerprint density at radius 3 is 2.69 bits per heavy atom. The van der Waals surface area contributed by atoms with Crippen molar-refractivity contribution in [1.29, 1.82) is 5.41 Å². The van der Waals surface area contributed by atoms with Crippen LogP contribution in [0.15, 0.2) is 11.0 Å². The van der Waals surface area contributed by atoms with Crippen LogP contribution < -0.4 is 0 Å². The fourth-order valence-electron chi connectivity index (χ4n) is 0.731. The molecule has 0 saturated carbocycles. The van der Waals surface area contributed by atoms with Gasteiger partial charge in [0.1, 0.15) is 0 Å². The molecule has 5 nitrogen and oxygen atoms in total. The third-order valence-corrected chi connectivity index (χ3v) is 2.46. The van der Waals surface area contributed by atoms with Crippen molar-refractivity contribution in [3.8, 4) is 0 Å². The highest BCUT2D eigenvalue weighted by Crippen LogP contribution is 2.28. The Morgan fingerprint density at radius 1 is 1.69 bits per heavy atom. The van der Waals surface area contributed by atoms with E-state index in [0.717, 1.165) is 17.8 Å². The van der Waals surface area contributed by atoms with Crippen LogP contribution in [0.1, 0.15) is 0 Å². The van der Waals surface area contributed by atoms with E-state index in [1.54, 1.807) is 0 Å². The van der Waals surface area contributed by atoms with Crippen LogP contribution in [0.25, 0.3) is 0 Å². The first-order chi connectivity index (χ1) is 6.06. The number of nitrogens with one attached hydrogen (secondary N) is 1. The van der Waals surface area contributed by atoms with Crippen LogP contribution >= 0.6 is 11.8 Å². The number of esters is 1. The van der Waals surface area contributed by atoms with E-state index in [9.17, 15) is 9.59 Å². The summed E-state index contributed by atoms with van der Waals surface area (Å²) in [5.41, 5.74) is 0. The number of rotatable bonds is 1. The summed E-state index contributed by atoms with van der Waals surface area (Å²) >= 11 is 0.945. The smallest absolute Gasteiger partial charge is 0.331 e. The largest absolute Gasteiger partial charge is 0.466 e. The van der Waals surface area contributed by atoms with Gasteiger partial charge in [-0.15, -0.1) is 0 Å². The number of amides is 1. The number of likely N-dealkylation sites (N-methyl/N-ethyl adjacent to an activating group) is 1. The molecule has 70 valence electrons. The van der Waals surface area contributed by atoms with Crippen molar-refractivity contribution in [3.63, 3.8) is 0 Å². The van der Waals surface area contributed by atoms with Gasteiger partial charge in [-0.1, -0.05) is 0 Å². The molecule has 0 aromatic heterocycles. The van der Waals surface area contributed by atoms with E-state index in [4.69, 9.17) is 5.41 Å². The van der Waals surface area contributed by atoms with Crippen molar-refractivity contribution < 1.29 is 14.3 Å². The molecule has 0 aliphatic carbocycles. The van der Waals surface area contributed by atoms with Crippen LogP contribution in [0.4, 0.5) is 0 Å². The minimum atomic E-state index is -0.584. The SMILES string of the molecule is COC(=O)/C=C1\SC(=N)N(C)C1=O. The zero-order valence-electron chi connectivity index (χ0n) is 7.16. The van der Waals surface area contributed by atoms with Crippen LogP contribution in [-0.4, -0.2) is 36.1 Å². The number of hydrogen-bond donors (Lipinski definition) is 1. The van der Waals surface area contributed by atoms with E-state index >= 15 is 0 Å². The molecule has 1 rings (SSSR count). The first kappa shape index (κ1) is 9.79. The minimum Gasteiger partial charge on any atom is -0.466 e. The van der Waals surface area contributed by atoms with Gasteiger partial charge in [-0.25, -0.2) is 4.79 Å². The zero-order chi connectivity index (χ0) is 10.0. The Balaban J connectivity index is 2.85. The number of methoxy groups -OCH3 is 1. The van der Waals surface area contributed by atoms with Crippen molar-refractivity contribution in [2.45, 2.75) is 0 Å². The summed E-state index contributed by atoms with van der Waals surface area (Å²) in [5, 5.41) is 7.40. The lowest BCUT2D eigenvalue weighted by Crippen LogP contribution is -2.23. The molecule has 0 bridgehead atoms. The molecule has 0 atom stereocenters. The fourth-order valence-corrected chi connectivity index (χ4v) is 1.54. The zero-order valence-corrected chi connectivity index (χ0v) is 7.97. The predicted octanol–water partition coefficient (Wildman–Crippen LogP) is 0.183. The molecule has 13 heavy (non-hydrogen) atoms. The number of carbonyl (C=O) groups excluding carboxylic acids is 2. The van der Waals surface area contributed by atoms with Gasteiger partial charge in [0.25, 0.3) is 5.91 Å². The average molecular weight is 200 g/mol. The standard InChI is InChI=1S/C7H8N2O3S/c1-9-6(11)4(13-7(9)8)3-5(10)12-2/h3,8H,1-2H3/b4-3-,8-7?. The van der Waals surface area contributed by atoms with E-state index in [-0.39, 0.29) is 16.0 Å². The van der Waals surface area contributed by atoms with E-state index < -0.39 is 5.97 Å². The molecular weight excluding hydrogens is 192 g/mol. The molecule has 1 aliphatic rings. The van der Waals surface area contributed by atoms with Gasteiger partial charge in [0.05, 0.1) is 12.0 Å². The van der Waals surface area contributed by atoms with Gasteiger partial charge < -0.3 is 4.74 Å². The molecule has 0 unspecified atom stereocenters. The summed E-state index contributed by atoms with van der Waals surface area (Å²) in [6, 6.07) is 0. The van der Waals surface area contributed by atoms with Gasteiger partial charge >= 0.3 is 5.97 Å². The maximum absolute atomic E-state index is 11.3. The molecule has 1 fully saturated rings. The topological polar surface area (TPSA) is 70.5 Å². The molecule has 1 N–H and O–H groups in total. The van der Waals surface area contributed by atoms with Gasteiger partial charge in [0.2, 0.25) is 0 Å². The van der Waals surface area contributed by atoms with Gasteiger partial charge in [0.15, 0.2) is 5.17 Å². The highest BCUT2D eigenvalue weighted by atomic mass is 32.2. The molecule has 6 heteroatoms. The lowest BCUT2D eigenvalue weighted by Gasteiger charge is -2.03. The molecular formula is C7H8N2O3S. The molecule has 0 aromatic rings. The summed E-state index contributed by atoms with van der Waals surface area (Å²) in [6.45, 7) is 0.